The molecule has 114 valence electrons. The Morgan fingerprint density at radius 1 is 1.19 bits per heavy atom. The Balaban J connectivity index is 2.25. The molecular weight excluding hydrogens is 280 g/mol. The molecule has 0 spiro atoms. The molecule has 0 fully saturated rings. The molecule has 0 aromatic carbocycles. The van der Waals surface area contributed by atoms with Crippen LogP contribution < -0.4 is 5.32 Å². The van der Waals surface area contributed by atoms with Crippen molar-refractivity contribution in [3.63, 3.8) is 0 Å². The largest absolute Gasteiger partial charge is 0.311 e. The van der Waals surface area contributed by atoms with Crippen LogP contribution in [0.4, 0.5) is 0 Å². The van der Waals surface area contributed by atoms with E-state index in [-0.39, 0.29) is 5.54 Å². The third-order valence-corrected chi connectivity index (χ3v) is 4.18. The van der Waals surface area contributed by atoms with Crippen LogP contribution in [0, 0.1) is 13.8 Å². The molecule has 0 amide bonds. The van der Waals surface area contributed by atoms with E-state index in [1.807, 2.05) is 11.7 Å². The predicted molar refractivity (Wildman–Crippen MR) is 88.8 cm³/mol. The number of nitrogens with one attached hydrogen (secondary N) is 1. The van der Waals surface area contributed by atoms with Crippen LogP contribution in [0.25, 0.3) is 10.7 Å². The first-order valence-corrected chi connectivity index (χ1v) is 8.15. The van der Waals surface area contributed by atoms with Gasteiger partial charge in [-0.05, 0) is 46.1 Å². The van der Waals surface area contributed by atoms with Gasteiger partial charge < -0.3 is 5.32 Å². The molecule has 0 saturated heterocycles. The molecule has 0 bridgehead atoms. The van der Waals surface area contributed by atoms with Gasteiger partial charge in [-0.2, -0.15) is 0 Å². The van der Waals surface area contributed by atoms with Crippen molar-refractivity contribution in [3.8, 4) is 10.7 Å². The van der Waals surface area contributed by atoms with Crippen LogP contribution in [0.3, 0.4) is 0 Å². The maximum absolute atomic E-state index is 4.67. The molecule has 0 aliphatic heterocycles. The molecule has 1 N–H and O–H groups in total. The average Bonchev–Trinajstić information content (AvgIpc) is 2.88. The Labute approximate surface area is 131 Å². The predicted octanol–water partition coefficient (Wildman–Crippen LogP) is 3.71. The molecule has 0 aliphatic carbocycles. The molecule has 1 unspecified atom stereocenters. The Morgan fingerprint density at radius 2 is 1.81 bits per heavy atom. The fourth-order valence-corrected chi connectivity index (χ4v) is 2.99. The highest BCUT2D eigenvalue weighted by atomic mass is 32.1. The van der Waals surface area contributed by atoms with E-state index in [0.29, 0.717) is 5.92 Å². The number of aromatic nitrogens is 3. The zero-order chi connectivity index (χ0) is 15.6. The summed E-state index contributed by atoms with van der Waals surface area (Å²) in [5.41, 5.74) is 5.32. The lowest BCUT2D eigenvalue weighted by atomic mass is 9.96. The molecule has 2 heterocycles. The first-order chi connectivity index (χ1) is 9.78. The van der Waals surface area contributed by atoms with Crippen molar-refractivity contribution in [2.24, 2.45) is 0 Å². The van der Waals surface area contributed by atoms with Gasteiger partial charge in [0.2, 0.25) is 0 Å². The second kappa shape index (κ2) is 6.20. The van der Waals surface area contributed by atoms with Gasteiger partial charge in [0.05, 0.1) is 10.4 Å². The van der Waals surface area contributed by atoms with Crippen molar-refractivity contribution in [1.82, 2.24) is 20.3 Å². The van der Waals surface area contributed by atoms with Gasteiger partial charge in [0, 0.05) is 29.7 Å². The van der Waals surface area contributed by atoms with Crippen LogP contribution in [0.5, 0.6) is 0 Å². The zero-order valence-corrected chi connectivity index (χ0v) is 14.5. The van der Waals surface area contributed by atoms with E-state index in [1.165, 1.54) is 5.56 Å². The second-order valence-electron chi connectivity index (χ2n) is 6.53. The zero-order valence-electron chi connectivity index (χ0n) is 13.7. The Hall–Kier alpha value is -1.33. The minimum absolute atomic E-state index is 0.125. The lowest BCUT2D eigenvalue weighted by Gasteiger charge is -2.25. The molecule has 0 saturated carbocycles. The minimum atomic E-state index is 0.125. The van der Waals surface area contributed by atoms with Crippen molar-refractivity contribution < 1.29 is 0 Å². The summed E-state index contributed by atoms with van der Waals surface area (Å²) in [6.45, 7) is 13.8. The third-order valence-electron chi connectivity index (χ3n) is 3.41. The summed E-state index contributed by atoms with van der Waals surface area (Å²) in [6.07, 6.45) is 1.82. The van der Waals surface area contributed by atoms with Crippen LogP contribution >= 0.6 is 11.3 Å². The van der Waals surface area contributed by atoms with Crippen molar-refractivity contribution >= 4 is 11.3 Å². The van der Waals surface area contributed by atoms with E-state index in [0.717, 1.165) is 28.6 Å². The normalized spacial score (nSPS) is 13.4. The van der Waals surface area contributed by atoms with E-state index >= 15 is 0 Å². The van der Waals surface area contributed by atoms with Crippen LogP contribution in [0.15, 0.2) is 11.7 Å². The van der Waals surface area contributed by atoms with Gasteiger partial charge in [-0.25, -0.2) is 9.97 Å². The fourth-order valence-electron chi connectivity index (χ4n) is 2.44. The van der Waals surface area contributed by atoms with Gasteiger partial charge in [0.15, 0.2) is 5.82 Å². The van der Waals surface area contributed by atoms with Gasteiger partial charge >= 0.3 is 0 Å². The molecule has 5 heteroatoms. The number of aryl methyl sites for hydroxylation is 2. The molecule has 2 aromatic heterocycles. The van der Waals surface area contributed by atoms with Crippen LogP contribution in [-0.2, 0) is 0 Å². The van der Waals surface area contributed by atoms with Crippen LogP contribution in [0.2, 0.25) is 0 Å². The van der Waals surface area contributed by atoms with Crippen molar-refractivity contribution in [2.75, 3.05) is 6.54 Å². The Bertz CT molecular complexity index is 576. The first kappa shape index (κ1) is 16.0. The van der Waals surface area contributed by atoms with E-state index in [2.05, 4.69) is 61.8 Å². The summed E-state index contributed by atoms with van der Waals surface area (Å²) >= 11 is 1.57. The maximum atomic E-state index is 4.67. The Kier molecular flexibility index (Phi) is 4.74. The van der Waals surface area contributed by atoms with E-state index in [4.69, 9.17) is 0 Å². The van der Waals surface area contributed by atoms with Gasteiger partial charge in [-0.15, -0.1) is 11.3 Å². The molecule has 21 heavy (non-hydrogen) atoms. The summed E-state index contributed by atoms with van der Waals surface area (Å²) < 4.78 is 0. The maximum Gasteiger partial charge on any atom is 0.171 e. The standard InChI is InChI=1S/C16H24N4S/c1-10(7-18-16(4,5)6)14-11(2)19-15(20-12(14)3)13-8-17-9-21-13/h8-10,18H,7H2,1-6H3. The lowest BCUT2D eigenvalue weighted by Crippen LogP contribution is -2.38. The summed E-state index contributed by atoms with van der Waals surface area (Å²) in [5.74, 6) is 1.17. The fraction of sp³-hybridized carbons (Fsp3) is 0.562. The minimum Gasteiger partial charge on any atom is -0.311 e. The first-order valence-electron chi connectivity index (χ1n) is 7.27. The lowest BCUT2D eigenvalue weighted by molar-refractivity contribution is 0.411. The van der Waals surface area contributed by atoms with E-state index < -0.39 is 0 Å². The van der Waals surface area contributed by atoms with Crippen molar-refractivity contribution in [1.29, 1.82) is 0 Å². The van der Waals surface area contributed by atoms with E-state index in [9.17, 15) is 0 Å². The van der Waals surface area contributed by atoms with Gasteiger partial charge in [0.25, 0.3) is 0 Å². The quantitative estimate of drug-likeness (QED) is 0.935. The molecule has 0 radical (unpaired) electrons. The highest BCUT2D eigenvalue weighted by molar-refractivity contribution is 7.13. The molecule has 0 aliphatic rings. The molecule has 4 nitrogen and oxygen atoms in total. The van der Waals surface area contributed by atoms with Crippen molar-refractivity contribution in [3.05, 3.63) is 28.7 Å². The van der Waals surface area contributed by atoms with Gasteiger partial charge in [-0.3, -0.25) is 4.98 Å². The monoisotopic (exact) mass is 304 g/mol. The molecular formula is C16H24N4S. The number of rotatable bonds is 4. The highest BCUT2D eigenvalue weighted by Crippen LogP contribution is 2.26. The van der Waals surface area contributed by atoms with Crippen molar-refractivity contribution in [2.45, 2.75) is 53.0 Å². The SMILES string of the molecule is Cc1nc(-c2cncs2)nc(C)c1C(C)CNC(C)(C)C. The molecule has 2 aromatic rings. The summed E-state index contributed by atoms with van der Waals surface area (Å²) in [5, 5.41) is 3.55. The third kappa shape index (κ3) is 4.08. The molecule has 2 rings (SSSR count). The van der Waals surface area contributed by atoms with Gasteiger partial charge in [0.1, 0.15) is 0 Å². The number of hydrogen-bond donors (Lipinski definition) is 1. The smallest absolute Gasteiger partial charge is 0.171 e. The summed E-state index contributed by atoms with van der Waals surface area (Å²) in [6, 6.07) is 0. The topological polar surface area (TPSA) is 50.7 Å². The van der Waals surface area contributed by atoms with E-state index in [1.54, 1.807) is 11.3 Å². The van der Waals surface area contributed by atoms with Gasteiger partial charge in [-0.1, -0.05) is 6.92 Å². The second-order valence-corrected chi connectivity index (χ2v) is 7.42. The average molecular weight is 304 g/mol. The summed E-state index contributed by atoms with van der Waals surface area (Å²) in [7, 11) is 0. The van der Waals surface area contributed by atoms with Crippen LogP contribution in [-0.4, -0.2) is 27.0 Å². The number of thiazole rings is 1. The Morgan fingerprint density at radius 3 is 2.29 bits per heavy atom. The highest BCUT2D eigenvalue weighted by Gasteiger charge is 2.18. The number of hydrogen-bond acceptors (Lipinski definition) is 5. The molecule has 1 atom stereocenters. The summed E-state index contributed by atoms with van der Waals surface area (Å²) in [4.78, 5) is 14.5. The van der Waals surface area contributed by atoms with Crippen LogP contribution in [0.1, 0.15) is 50.6 Å². The number of nitrogens with zero attached hydrogens (tertiary/aromatic N) is 3.